The predicted octanol–water partition coefficient (Wildman–Crippen LogP) is 4.02. The van der Waals surface area contributed by atoms with Crippen LogP contribution in [0.15, 0.2) is 48.5 Å². The van der Waals surface area contributed by atoms with Crippen LogP contribution in [0.5, 0.6) is 0 Å². The van der Waals surface area contributed by atoms with Crippen molar-refractivity contribution in [3.8, 4) is 11.1 Å². The van der Waals surface area contributed by atoms with Gasteiger partial charge >= 0.3 is 12.1 Å². The number of carboxylic acids is 1. The van der Waals surface area contributed by atoms with Gasteiger partial charge in [-0.15, -0.1) is 0 Å². The number of fused-ring (bicyclic) bond motifs is 3. The Labute approximate surface area is 188 Å². The standard InChI is InChI=1S/C25H30N2O5/c1-4-10-21(23(28)27(3)22(5-2)24(29)30)26-25(31)32-15-20-18-13-8-6-11-16(18)17-12-7-9-14-19(17)20/h6-9,11-14,20-22H,4-5,10,15H2,1-3H3,(H,26,31)(H,29,30)/t21-,22?/m0/s1. The summed E-state index contributed by atoms with van der Waals surface area (Å²) in [4.78, 5) is 38.1. The Kier molecular flexibility index (Phi) is 7.51. The van der Waals surface area contributed by atoms with Crippen molar-refractivity contribution in [2.45, 2.75) is 51.1 Å². The highest BCUT2D eigenvalue weighted by molar-refractivity contribution is 5.89. The van der Waals surface area contributed by atoms with Gasteiger partial charge in [-0.25, -0.2) is 9.59 Å². The van der Waals surface area contributed by atoms with Gasteiger partial charge in [-0.1, -0.05) is 68.8 Å². The average molecular weight is 439 g/mol. The third-order valence-corrected chi connectivity index (χ3v) is 6.00. The molecule has 0 saturated heterocycles. The van der Waals surface area contributed by atoms with E-state index >= 15 is 0 Å². The summed E-state index contributed by atoms with van der Waals surface area (Å²) < 4.78 is 5.54. The normalized spacial score (nSPS) is 14.1. The van der Waals surface area contributed by atoms with Crippen LogP contribution in [-0.2, 0) is 14.3 Å². The van der Waals surface area contributed by atoms with E-state index in [2.05, 4.69) is 17.4 Å². The lowest BCUT2D eigenvalue weighted by atomic mass is 9.98. The van der Waals surface area contributed by atoms with Crippen molar-refractivity contribution >= 4 is 18.0 Å². The van der Waals surface area contributed by atoms with Gasteiger partial charge in [0.05, 0.1) is 0 Å². The monoisotopic (exact) mass is 438 g/mol. The number of benzene rings is 2. The molecule has 7 nitrogen and oxygen atoms in total. The largest absolute Gasteiger partial charge is 0.480 e. The van der Waals surface area contributed by atoms with E-state index in [4.69, 9.17) is 4.74 Å². The van der Waals surface area contributed by atoms with Gasteiger partial charge in [0.15, 0.2) is 0 Å². The van der Waals surface area contributed by atoms with Crippen molar-refractivity contribution in [2.75, 3.05) is 13.7 Å². The molecular weight excluding hydrogens is 408 g/mol. The second-order valence-electron chi connectivity index (χ2n) is 8.02. The number of alkyl carbamates (subject to hydrolysis) is 1. The van der Waals surface area contributed by atoms with Crippen molar-refractivity contribution in [3.05, 3.63) is 59.7 Å². The minimum Gasteiger partial charge on any atom is -0.480 e. The van der Waals surface area contributed by atoms with Crippen LogP contribution in [0.3, 0.4) is 0 Å². The minimum absolute atomic E-state index is 0.0763. The Morgan fingerprint density at radius 1 is 1.03 bits per heavy atom. The summed E-state index contributed by atoms with van der Waals surface area (Å²) >= 11 is 0. The molecule has 170 valence electrons. The molecular formula is C25H30N2O5. The second-order valence-corrected chi connectivity index (χ2v) is 8.02. The molecule has 0 heterocycles. The van der Waals surface area contributed by atoms with E-state index in [0.717, 1.165) is 22.3 Å². The fraction of sp³-hybridized carbons (Fsp3) is 0.400. The first-order valence-electron chi connectivity index (χ1n) is 11.0. The molecule has 1 aliphatic rings. The van der Waals surface area contributed by atoms with Crippen LogP contribution in [0.25, 0.3) is 11.1 Å². The zero-order valence-electron chi connectivity index (χ0n) is 18.7. The van der Waals surface area contributed by atoms with Gasteiger partial charge in [0.1, 0.15) is 18.7 Å². The maximum absolute atomic E-state index is 12.9. The number of hydrogen-bond acceptors (Lipinski definition) is 4. The summed E-state index contributed by atoms with van der Waals surface area (Å²) in [5.74, 6) is -1.58. The Hall–Kier alpha value is -3.35. The molecule has 0 aliphatic heterocycles. The van der Waals surface area contributed by atoms with Crippen LogP contribution >= 0.6 is 0 Å². The summed E-state index contributed by atoms with van der Waals surface area (Å²) in [5.41, 5.74) is 4.48. The molecule has 2 aromatic carbocycles. The number of nitrogens with zero attached hydrogens (tertiary/aromatic N) is 1. The number of hydrogen-bond donors (Lipinski definition) is 2. The number of rotatable bonds is 9. The first-order chi connectivity index (χ1) is 15.4. The topological polar surface area (TPSA) is 95.9 Å². The highest BCUT2D eigenvalue weighted by Crippen LogP contribution is 2.44. The Morgan fingerprint density at radius 2 is 1.59 bits per heavy atom. The number of carboxylic acid groups (broad SMARTS) is 1. The van der Waals surface area contributed by atoms with E-state index in [0.29, 0.717) is 12.8 Å². The maximum Gasteiger partial charge on any atom is 0.407 e. The lowest BCUT2D eigenvalue weighted by Gasteiger charge is -2.28. The molecule has 0 spiro atoms. The van der Waals surface area contributed by atoms with E-state index in [1.807, 2.05) is 43.3 Å². The van der Waals surface area contributed by atoms with Crippen molar-refractivity contribution in [2.24, 2.45) is 0 Å². The minimum atomic E-state index is -1.07. The summed E-state index contributed by atoms with van der Waals surface area (Å²) in [7, 11) is 1.45. The first-order valence-corrected chi connectivity index (χ1v) is 11.0. The molecule has 1 unspecified atom stereocenters. The second kappa shape index (κ2) is 10.3. The number of ether oxygens (including phenoxy) is 1. The molecule has 0 radical (unpaired) electrons. The van der Waals surface area contributed by atoms with E-state index < -0.39 is 30.1 Å². The summed E-state index contributed by atoms with van der Waals surface area (Å²) in [5, 5.41) is 12.0. The summed E-state index contributed by atoms with van der Waals surface area (Å²) in [6.07, 6.45) is 0.637. The third kappa shape index (κ3) is 4.77. The van der Waals surface area contributed by atoms with Gasteiger partial charge in [-0.05, 0) is 35.1 Å². The van der Waals surface area contributed by atoms with Gasteiger partial charge < -0.3 is 20.1 Å². The zero-order valence-corrected chi connectivity index (χ0v) is 18.7. The first kappa shape index (κ1) is 23.3. The quantitative estimate of drug-likeness (QED) is 0.617. The number of carbonyl (C=O) groups is 3. The highest BCUT2D eigenvalue weighted by atomic mass is 16.5. The van der Waals surface area contributed by atoms with Gasteiger partial charge in [0.25, 0.3) is 0 Å². The molecule has 0 bridgehead atoms. The van der Waals surface area contributed by atoms with Crippen LogP contribution < -0.4 is 5.32 Å². The van der Waals surface area contributed by atoms with E-state index in [1.165, 1.54) is 11.9 Å². The smallest absolute Gasteiger partial charge is 0.407 e. The van der Waals surface area contributed by atoms with Crippen LogP contribution in [0.4, 0.5) is 4.79 Å². The van der Waals surface area contributed by atoms with Crippen LogP contribution in [0, 0.1) is 0 Å². The van der Waals surface area contributed by atoms with Crippen molar-refractivity contribution in [1.29, 1.82) is 0 Å². The SMILES string of the molecule is CCC[C@H](NC(=O)OCC1c2ccccc2-c2ccccc21)C(=O)N(C)C(CC)C(=O)O. The predicted molar refractivity (Wildman–Crippen MR) is 121 cm³/mol. The summed E-state index contributed by atoms with van der Waals surface area (Å²) in [6, 6.07) is 14.3. The van der Waals surface area contributed by atoms with E-state index in [9.17, 15) is 19.5 Å². The number of nitrogens with one attached hydrogen (secondary N) is 1. The molecule has 0 saturated carbocycles. The molecule has 0 aromatic heterocycles. The fourth-order valence-corrected chi connectivity index (χ4v) is 4.34. The third-order valence-electron chi connectivity index (χ3n) is 6.00. The molecule has 32 heavy (non-hydrogen) atoms. The maximum atomic E-state index is 12.9. The summed E-state index contributed by atoms with van der Waals surface area (Å²) in [6.45, 7) is 3.75. The number of likely N-dealkylation sites (N-methyl/N-ethyl adjacent to an activating group) is 1. The lowest BCUT2D eigenvalue weighted by molar-refractivity contribution is -0.150. The molecule has 2 amide bonds. The van der Waals surface area contributed by atoms with Gasteiger partial charge in [-0.3, -0.25) is 4.79 Å². The molecule has 2 N–H and O–H groups in total. The molecule has 7 heteroatoms. The van der Waals surface area contributed by atoms with Gasteiger partial charge in [-0.2, -0.15) is 0 Å². The van der Waals surface area contributed by atoms with Crippen LogP contribution in [-0.4, -0.2) is 53.7 Å². The van der Waals surface area contributed by atoms with Gasteiger partial charge in [0.2, 0.25) is 5.91 Å². The fourth-order valence-electron chi connectivity index (χ4n) is 4.34. The Balaban J connectivity index is 1.68. The van der Waals surface area contributed by atoms with E-state index in [-0.39, 0.29) is 18.9 Å². The number of carbonyl (C=O) groups excluding carboxylic acids is 2. The van der Waals surface area contributed by atoms with Crippen LogP contribution in [0.1, 0.15) is 50.2 Å². The van der Waals surface area contributed by atoms with Crippen molar-refractivity contribution < 1.29 is 24.2 Å². The average Bonchev–Trinajstić information content (AvgIpc) is 3.11. The molecule has 0 fully saturated rings. The lowest BCUT2D eigenvalue weighted by Crippen LogP contribution is -2.52. The molecule has 3 rings (SSSR count). The van der Waals surface area contributed by atoms with E-state index in [1.54, 1.807) is 6.92 Å². The number of aliphatic carboxylic acids is 1. The van der Waals surface area contributed by atoms with Crippen molar-refractivity contribution in [1.82, 2.24) is 10.2 Å². The number of amides is 2. The molecule has 1 aliphatic carbocycles. The molecule has 2 atom stereocenters. The van der Waals surface area contributed by atoms with Crippen molar-refractivity contribution in [3.63, 3.8) is 0 Å². The highest BCUT2D eigenvalue weighted by Gasteiger charge is 2.32. The zero-order chi connectivity index (χ0) is 23.3. The van der Waals surface area contributed by atoms with Crippen LogP contribution in [0.2, 0.25) is 0 Å². The Morgan fingerprint density at radius 3 is 2.09 bits per heavy atom. The Bertz CT molecular complexity index is 944. The molecule has 2 aromatic rings. The van der Waals surface area contributed by atoms with Gasteiger partial charge in [0, 0.05) is 13.0 Å².